The molecule has 1 saturated carbocycles. The van der Waals surface area contributed by atoms with Gasteiger partial charge in [-0.1, -0.05) is 19.0 Å². The van der Waals surface area contributed by atoms with Crippen molar-refractivity contribution >= 4 is 18.2 Å². The second-order valence-electron chi connectivity index (χ2n) is 8.22. The molecule has 0 amide bonds. The van der Waals surface area contributed by atoms with Crippen molar-refractivity contribution < 1.29 is 9.26 Å². The molecule has 0 aromatic carbocycles. The van der Waals surface area contributed by atoms with Crippen molar-refractivity contribution in [3.05, 3.63) is 24.2 Å². The van der Waals surface area contributed by atoms with Crippen molar-refractivity contribution in [1.29, 1.82) is 0 Å². The molecule has 2 unspecified atom stereocenters. The van der Waals surface area contributed by atoms with Crippen molar-refractivity contribution in [2.45, 2.75) is 58.1 Å². The van der Waals surface area contributed by atoms with E-state index in [0.29, 0.717) is 24.7 Å². The number of rotatable bonds is 5. The fraction of sp³-hybridized carbons (Fsp3) is 0.650. The van der Waals surface area contributed by atoms with Gasteiger partial charge in [0.25, 0.3) is 0 Å². The first-order valence-corrected chi connectivity index (χ1v) is 9.92. The lowest BCUT2D eigenvalue weighted by Gasteiger charge is -2.56. The van der Waals surface area contributed by atoms with Crippen molar-refractivity contribution in [3.63, 3.8) is 0 Å². The van der Waals surface area contributed by atoms with Gasteiger partial charge in [0, 0.05) is 43.3 Å². The summed E-state index contributed by atoms with van der Waals surface area (Å²) in [6.07, 6.45) is 6.37. The number of hydrogen-bond donors (Lipinski definition) is 1. The minimum absolute atomic E-state index is 0. The Morgan fingerprint density at radius 3 is 2.61 bits per heavy atom. The van der Waals surface area contributed by atoms with Crippen LogP contribution in [0.2, 0.25) is 0 Å². The molecule has 28 heavy (non-hydrogen) atoms. The van der Waals surface area contributed by atoms with E-state index in [4.69, 9.17) is 15.0 Å². The molecule has 7 nitrogen and oxygen atoms in total. The number of nitrogens with zero attached hydrogens (tertiary/aromatic N) is 4. The summed E-state index contributed by atoms with van der Waals surface area (Å²) in [6, 6.07) is 4.04. The molecule has 2 aromatic rings. The van der Waals surface area contributed by atoms with Gasteiger partial charge in [0.15, 0.2) is 0 Å². The summed E-state index contributed by atoms with van der Waals surface area (Å²) in [6.45, 7) is 9.01. The fourth-order valence-corrected chi connectivity index (χ4v) is 4.15. The molecule has 2 fully saturated rings. The lowest BCUT2D eigenvalue weighted by atomic mass is 9.54. The zero-order chi connectivity index (χ0) is 19.1. The molecule has 2 atom stereocenters. The Bertz CT molecular complexity index is 788. The fourth-order valence-electron chi connectivity index (χ4n) is 4.15. The lowest BCUT2D eigenvalue weighted by molar-refractivity contribution is -0.162. The Balaban J connectivity index is 0.00000225. The van der Waals surface area contributed by atoms with E-state index in [1.54, 1.807) is 0 Å². The molecule has 0 radical (unpaired) electrons. The number of pyridine rings is 1. The average molecular weight is 408 g/mol. The number of nitrogens with two attached hydrogens (primary N) is 1. The Labute approximate surface area is 172 Å². The van der Waals surface area contributed by atoms with E-state index in [-0.39, 0.29) is 23.9 Å². The topological polar surface area (TPSA) is 90.3 Å². The summed E-state index contributed by atoms with van der Waals surface area (Å²) in [5.41, 5.74) is 6.55. The first-order chi connectivity index (χ1) is 13.0. The number of halogens is 1. The zero-order valence-corrected chi connectivity index (χ0v) is 17.7. The Morgan fingerprint density at radius 2 is 2.00 bits per heavy atom. The number of ether oxygens (including phenoxy) is 1. The standard InChI is InChI=1S/C20H29N5O2.ClH/c1-4-26-15-12-20(21,19(15,2)3)18-23-17(24-27-18)14-8-9-16(22-13-14)25-10-6-5-7-11-25;/h8-9,13,15H,4-7,10-12,21H2,1-3H3;1H. The maximum Gasteiger partial charge on any atom is 0.247 e. The van der Waals surface area contributed by atoms with E-state index in [1.165, 1.54) is 19.3 Å². The normalized spacial score (nSPS) is 26.4. The SMILES string of the molecule is CCOC1CC(N)(c2nc(-c3ccc(N4CCCCC4)nc3)no2)C1(C)C.Cl. The average Bonchev–Trinajstić information content (AvgIpc) is 3.19. The Hall–Kier alpha value is -1.70. The minimum atomic E-state index is -0.667. The highest BCUT2D eigenvalue weighted by Gasteiger charge is 2.62. The Kier molecular flexibility index (Phi) is 5.98. The largest absolute Gasteiger partial charge is 0.378 e. The second-order valence-corrected chi connectivity index (χ2v) is 8.22. The molecular formula is C20H30ClN5O2. The van der Waals surface area contributed by atoms with Crippen molar-refractivity contribution in [3.8, 4) is 11.4 Å². The van der Waals surface area contributed by atoms with Crippen LogP contribution in [0.1, 0.15) is 52.3 Å². The molecule has 0 bridgehead atoms. The van der Waals surface area contributed by atoms with Crippen LogP contribution in [0.15, 0.2) is 22.9 Å². The van der Waals surface area contributed by atoms with Crippen LogP contribution in [-0.2, 0) is 10.3 Å². The quantitative estimate of drug-likeness (QED) is 0.810. The first kappa shape index (κ1) is 21.0. The van der Waals surface area contributed by atoms with Crippen LogP contribution in [0.3, 0.4) is 0 Å². The summed E-state index contributed by atoms with van der Waals surface area (Å²) in [5.74, 6) is 2.01. The van der Waals surface area contributed by atoms with Gasteiger partial charge < -0.3 is 19.9 Å². The molecule has 2 N–H and O–H groups in total. The third-order valence-electron chi connectivity index (χ3n) is 6.32. The summed E-state index contributed by atoms with van der Waals surface area (Å²) in [4.78, 5) is 11.5. The Morgan fingerprint density at radius 1 is 1.25 bits per heavy atom. The van der Waals surface area contributed by atoms with Gasteiger partial charge in [0.2, 0.25) is 11.7 Å². The summed E-state index contributed by atoms with van der Waals surface area (Å²) >= 11 is 0. The molecule has 1 aliphatic carbocycles. The van der Waals surface area contributed by atoms with Gasteiger partial charge >= 0.3 is 0 Å². The van der Waals surface area contributed by atoms with Gasteiger partial charge in [-0.25, -0.2) is 4.98 Å². The highest BCUT2D eigenvalue weighted by atomic mass is 35.5. The molecule has 2 aliphatic rings. The maximum absolute atomic E-state index is 6.64. The zero-order valence-electron chi connectivity index (χ0n) is 16.9. The molecule has 1 saturated heterocycles. The monoisotopic (exact) mass is 407 g/mol. The third-order valence-corrected chi connectivity index (χ3v) is 6.32. The molecular weight excluding hydrogens is 378 g/mol. The van der Waals surface area contributed by atoms with Crippen molar-refractivity contribution in [2.75, 3.05) is 24.6 Å². The van der Waals surface area contributed by atoms with Crippen molar-refractivity contribution in [1.82, 2.24) is 15.1 Å². The minimum Gasteiger partial charge on any atom is -0.378 e. The van der Waals surface area contributed by atoms with Gasteiger partial charge in [0.1, 0.15) is 11.4 Å². The van der Waals surface area contributed by atoms with E-state index in [0.717, 1.165) is 24.5 Å². The molecule has 2 aromatic heterocycles. The van der Waals surface area contributed by atoms with Gasteiger partial charge in [-0.15, -0.1) is 12.4 Å². The van der Waals surface area contributed by atoms with Gasteiger partial charge in [0.05, 0.1) is 6.10 Å². The smallest absolute Gasteiger partial charge is 0.247 e. The third kappa shape index (κ3) is 3.40. The van der Waals surface area contributed by atoms with Gasteiger partial charge in [-0.05, 0) is 38.3 Å². The highest BCUT2D eigenvalue weighted by Crippen LogP contribution is 2.55. The molecule has 8 heteroatoms. The first-order valence-electron chi connectivity index (χ1n) is 9.92. The van der Waals surface area contributed by atoms with Crippen LogP contribution >= 0.6 is 12.4 Å². The number of anilines is 1. The van der Waals surface area contributed by atoms with Crippen LogP contribution < -0.4 is 10.6 Å². The predicted molar refractivity (Wildman–Crippen MR) is 111 cm³/mol. The summed E-state index contributed by atoms with van der Waals surface area (Å²) in [5, 5.41) is 4.15. The van der Waals surface area contributed by atoms with E-state index >= 15 is 0 Å². The number of piperidine rings is 1. The van der Waals surface area contributed by atoms with Crippen LogP contribution in [-0.4, -0.2) is 40.9 Å². The number of hydrogen-bond acceptors (Lipinski definition) is 7. The molecule has 4 rings (SSSR count). The predicted octanol–water partition coefficient (Wildman–Crippen LogP) is 3.53. The molecule has 154 valence electrons. The molecule has 0 spiro atoms. The van der Waals surface area contributed by atoms with E-state index in [9.17, 15) is 0 Å². The summed E-state index contributed by atoms with van der Waals surface area (Å²) in [7, 11) is 0. The maximum atomic E-state index is 6.64. The van der Waals surface area contributed by atoms with E-state index in [1.807, 2.05) is 25.3 Å². The van der Waals surface area contributed by atoms with Crippen LogP contribution in [0.4, 0.5) is 5.82 Å². The van der Waals surface area contributed by atoms with Crippen molar-refractivity contribution in [2.24, 2.45) is 11.1 Å². The van der Waals surface area contributed by atoms with Crippen LogP contribution in [0, 0.1) is 5.41 Å². The molecule has 3 heterocycles. The molecule has 1 aliphatic heterocycles. The van der Waals surface area contributed by atoms with Gasteiger partial charge in [-0.3, -0.25) is 0 Å². The van der Waals surface area contributed by atoms with Gasteiger partial charge in [-0.2, -0.15) is 4.98 Å². The van der Waals surface area contributed by atoms with E-state index < -0.39 is 5.54 Å². The van der Waals surface area contributed by atoms with E-state index in [2.05, 4.69) is 33.9 Å². The van der Waals surface area contributed by atoms with Crippen LogP contribution in [0.5, 0.6) is 0 Å². The number of aromatic nitrogens is 3. The second kappa shape index (κ2) is 7.97. The summed E-state index contributed by atoms with van der Waals surface area (Å²) < 4.78 is 11.3. The highest BCUT2D eigenvalue weighted by molar-refractivity contribution is 5.85. The van der Waals surface area contributed by atoms with Crippen LogP contribution in [0.25, 0.3) is 11.4 Å². The lowest BCUT2D eigenvalue weighted by Crippen LogP contribution is -2.67.